The molecule has 0 atom stereocenters. The third kappa shape index (κ3) is 5.35. The van der Waals surface area contributed by atoms with Gasteiger partial charge in [0.2, 0.25) is 5.95 Å². The fourth-order valence-electron chi connectivity index (χ4n) is 4.13. The largest absolute Gasteiger partial charge is 0.360 e. The Labute approximate surface area is 201 Å². The Hall–Kier alpha value is -3.50. The molecule has 2 fully saturated rings. The zero-order chi connectivity index (χ0) is 23.3. The fourth-order valence-corrected chi connectivity index (χ4v) is 4.80. The van der Waals surface area contributed by atoms with E-state index in [1.807, 2.05) is 30.6 Å². The van der Waals surface area contributed by atoms with Crippen molar-refractivity contribution in [2.45, 2.75) is 19.4 Å². The minimum absolute atomic E-state index is 0.355. The van der Waals surface area contributed by atoms with Crippen molar-refractivity contribution in [1.29, 1.82) is 0 Å². The highest BCUT2D eigenvalue weighted by Gasteiger charge is 2.25. The predicted octanol–water partition coefficient (Wildman–Crippen LogP) is 3.20. The Morgan fingerprint density at radius 1 is 1.15 bits per heavy atom. The number of nitrogens with zero attached hydrogens (tertiary/aromatic N) is 4. The van der Waals surface area contributed by atoms with Gasteiger partial charge in [0, 0.05) is 38.2 Å². The van der Waals surface area contributed by atoms with Gasteiger partial charge in [0.1, 0.15) is 0 Å². The maximum atomic E-state index is 11.8. The van der Waals surface area contributed by atoms with E-state index in [1.165, 1.54) is 5.56 Å². The van der Waals surface area contributed by atoms with Crippen LogP contribution in [0.3, 0.4) is 0 Å². The Morgan fingerprint density at radius 2 is 2.00 bits per heavy atom. The molecular formula is C24H25N7O2S. The summed E-state index contributed by atoms with van der Waals surface area (Å²) in [5, 5.41) is 5.50. The van der Waals surface area contributed by atoms with Gasteiger partial charge in [0.05, 0.1) is 22.0 Å². The van der Waals surface area contributed by atoms with Crippen molar-refractivity contribution in [1.82, 2.24) is 30.6 Å². The number of aromatic nitrogens is 4. The van der Waals surface area contributed by atoms with Gasteiger partial charge < -0.3 is 15.2 Å². The van der Waals surface area contributed by atoms with Crippen molar-refractivity contribution in [3.63, 3.8) is 0 Å². The summed E-state index contributed by atoms with van der Waals surface area (Å²) >= 11 is 0.892. The Kier molecular flexibility index (Phi) is 6.68. The maximum Gasteiger partial charge on any atom is 0.290 e. The van der Waals surface area contributed by atoms with Crippen molar-refractivity contribution >= 4 is 34.9 Å². The van der Waals surface area contributed by atoms with Crippen molar-refractivity contribution in [2.24, 2.45) is 5.92 Å². The lowest BCUT2D eigenvalue weighted by Gasteiger charge is -2.32. The van der Waals surface area contributed by atoms with Gasteiger partial charge in [-0.3, -0.25) is 19.9 Å². The molecular weight excluding hydrogens is 450 g/mol. The number of rotatable bonds is 7. The highest BCUT2D eigenvalue weighted by atomic mass is 32.2. The molecule has 0 aromatic carbocycles. The molecule has 0 saturated carbocycles. The zero-order valence-corrected chi connectivity index (χ0v) is 19.3. The second kappa shape index (κ2) is 10.2. The minimum atomic E-state index is -0.379. The number of nitrogens with one attached hydrogen (secondary N) is 3. The first-order chi connectivity index (χ1) is 16.6. The van der Waals surface area contributed by atoms with E-state index in [4.69, 9.17) is 0 Å². The Bertz CT molecular complexity index is 1200. The number of piperidine rings is 1. The molecule has 0 radical (unpaired) electrons. The lowest BCUT2D eigenvalue weighted by Crippen LogP contribution is -2.38. The van der Waals surface area contributed by atoms with Gasteiger partial charge in [-0.15, -0.1) is 0 Å². The third-order valence-corrected chi connectivity index (χ3v) is 6.75. The second-order valence-corrected chi connectivity index (χ2v) is 9.34. The molecule has 2 saturated heterocycles. The van der Waals surface area contributed by atoms with Gasteiger partial charge in [-0.1, -0.05) is 0 Å². The second-order valence-electron chi connectivity index (χ2n) is 8.33. The maximum absolute atomic E-state index is 11.8. The monoisotopic (exact) mass is 475 g/mol. The summed E-state index contributed by atoms with van der Waals surface area (Å²) in [4.78, 5) is 42.3. The van der Waals surface area contributed by atoms with E-state index in [1.54, 1.807) is 18.3 Å². The summed E-state index contributed by atoms with van der Waals surface area (Å²) in [6.45, 7) is 3.53. The summed E-state index contributed by atoms with van der Waals surface area (Å²) < 4.78 is 0. The van der Waals surface area contributed by atoms with Crippen LogP contribution in [-0.2, 0) is 11.3 Å². The molecule has 2 aliphatic rings. The van der Waals surface area contributed by atoms with Gasteiger partial charge in [0.25, 0.3) is 11.1 Å². The van der Waals surface area contributed by atoms with E-state index in [9.17, 15) is 9.59 Å². The average molecular weight is 476 g/mol. The summed E-state index contributed by atoms with van der Waals surface area (Å²) in [7, 11) is 0. The van der Waals surface area contributed by atoms with Crippen molar-refractivity contribution < 1.29 is 9.59 Å². The molecule has 0 spiro atoms. The molecule has 3 aromatic heterocycles. The molecule has 5 rings (SSSR count). The van der Waals surface area contributed by atoms with Crippen LogP contribution in [0.1, 0.15) is 24.1 Å². The van der Waals surface area contributed by atoms with Crippen LogP contribution in [0.4, 0.5) is 10.7 Å². The SMILES string of the molecule is O=C1NC(=O)/C(=C\c2ccnc(N3CCC(CNCc4ccnc(-c5ccc[nH]5)c4)CC3)n2)S1. The van der Waals surface area contributed by atoms with Crippen LogP contribution in [-0.4, -0.2) is 50.7 Å². The number of pyridine rings is 1. The lowest BCUT2D eigenvalue weighted by molar-refractivity contribution is -0.115. The molecule has 9 nitrogen and oxygen atoms in total. The van der Waals surface area contributed by atoms with E-state index in [-0.39, 0.29) is 11.1 Å². The normalized spacial score (nSPS) is 18.0. The average Bonchev–Trinajstić information content (AvgIpc) is 3.50. The van der Waals surface area contributed by atoms with Gasteiger partial charge in [-0.2, -0.15) is 0 Å². The molecule has 0 aliphatic carbocycles. The first-order valence-electron chi connectivity index (χ1n) is 11.3. The van der Waals surface area contributed by atoms with Gasteiger partial charge >= 0.3 is 0 Å². The topological polar surface area (TPSA) is 116 Å². The highest BCUT2D eigenvalue weighted by Crippen LogP contribution is 2.26. The number of thioether (sulfide) groups is 1. The van der Waals surface area contributed by atoms with Crippen LogP contribution in [0.5, 0.6) is 0 Å². The van der Waals surface area contributed by atoms with Gasteiger partial charge in [-0.05, 0) is 79.0 Å². The molecule has 10 heteroatoms. The van der Waals surface area contributed by atoms with Crippen LogP contribution in [0.2, 0.25) is 0 Å². The number of hydrogen-bond donors (Lipinski definition) is 3. The Balaban J connectivity index is 1.11. The number of amides is 2. The minimum Gasteiger partial charge on any atom is -0.360 e. The molecule has 3 aromatic rings. The molecule has 0 bridgehead atoms. The lowest BCUT2D eigenvalue weighted by atomic mass is 9.97. The number of carbonyl (C=O) groups excluding carboxylic acids is 2. The van der Waals surface area contributed by atoms with E-state index in [0.717, 1.165) is 62.2 Å². The van der Waals surface area contributed by atoms with Crippen LogP contribution < -0.4 is 15.5 Å². The van der Waals surface area contributed by atoms with Crippen molar-refractivity contribution in [2.75, 3.05) is 24.5 Å². The number of H-pyrrole nitrogens is 1. The number of hydrogen-bond acceptors (Lipinski definition) is 8. The molecule has 174 valence electrons. The molecule has 0 unspecified atom stereocenters. The number of anilines is 1. The van der Waals surface area contributed by atoms with Gasteiger partial charge in [0.15, 0.2) is 0 Å². The molecule has 3 N–H and O–H groups in total. The number of aromatic amines is 1. The molecule has 2 aliphatic heterocycles. The van der Waals surface area contributed by atoms with Crippen LogP contribution >= 0.6 is 11.8 Å². The van der Waals surface area contributed by atoms with E-state index in [2.05, 4.69) is 41.5 Å². The number of carbonyl (C=O) groups is 2. The van der Waals surface area contributed by atoms with E-state index >= 15 is 0 Å². The standard InChI is InChI=1S/C24H25N7O2S/c32-22-21(34-24(33)30-22)13-18-4-9-28-23(29-18)31-10-5-16(6-11-31)14-25-15-17-3-8-27-20(12-17)19-2-1-7-26-19/h1-4,7-9,12-13,16,25-26H,5-6,10-11,14-15H2,(H,30,32,33)/b21-13+. The van der Waals surface area contributed by atoms with Crippen LogP contribution in [0, 0.1) is 5.92 Å². The fraction of sp³-hybridized carbons (Fsp3) is 0.292. The first kappa shape index (κ1) is 22.3. The van der Waals surface area contributed by atoms with Crippen molar-refractivity contribution in [3.8, 4) is 11.4 Å². The van der Waals surface area contributed by atoms with E-state index < -0.39 is 0 Å². The summed E-state index contributed by atoms with van der Waals surface area (Å²) in [6, 6.07) is 9.90. The quantitative estimate of drug-likeness (QED) is 0.446. The summed E-state index contributed by atoms with van der Waals surface area (Å²) in [5.41, 5.74) is 3.81. The van der Waals surface area contributed by atoms with Gasteiger partial charge in [-0.25, -0.2) is 9.97 Å². The predicted molar refractivity (Wildman–Crippen MR) is 132 cm³/mol. The molecule has 2 amide bonds. The summed E-state index contributed by atoms with van der Waals surface area (Å²) in [5.74, 6) is 0.871. The molecule has 5 heterocycles. The Morgan fingerprint density at radius 3 is 2.76 bits per heavy atom. The smallest absolute Gasteiger partial charge is 0.290 e. The molecule has 34 heavy (non-hydrogen) atoms. The van der Waals surface area contributed by atoms with Crippen LogP contribution in [0.25, 0.3) is 17.5 Å². The summed E-state index contributed by atoms with van der Waals surface area (Å²) in [6.07, 6.45) is 9.19. The van der Waals surface area contributed by atoms with E-state index in [0.29, 0.717) is 22.5 Å². The number of imide groups is 1. The van der Waals surface area contributed by atoms with Crippen molar-refractivity contribution in [3.05, 3.63) is 65.1 Å². The highest BCUT2D eigenvalue weighted by molar-refractivity contribution is 8.18. The zero-order valence-electron chi connectivity index (χ0n) is 18.5. The van der Waals surface area contributed by atoms with Crippen LogP contribution in [0.15, 0.2) is 53.8 Å². The first-order valence-corrected chi connectivity index (χ1v) is 12.1. The third-order valence-electron chi connectivity index (χ3n) is 5.94.